The Hall–Kier alpha value is -1.69. The minimum atomic E-state index is -1.07. The van der Waals surface area contributed by atoms with Gasteiger partial charge in [-0.15, -0.1) is 0 Å². The van der Waals surface area contributed by atoms with Gasteiger partial charge in [0.15, 0.2) is 5.69 Å². The van der Waals surface area contributed by atoms with Gasteiger partial charge in [-0.25, -0.2) is 14.7 Å². The van der Waals surface area contributed by atoms with Crippen molar-refractivity contribution in [3.05, 3.63) is 24.0 Å². The molecule has 0 radical (unpaired) electrons. The van der Waals surface area contributed by atoms with Crippen LogP contribution >= 0.6 is 0 Å². The van der Waals surface area contributed by atoms with E-state index in [1.54, 1.807) is 13.2 Å². The van der Waals surface area contributed by atoms with E-state index in [0.29, 0.717) is 5.92 Å². The Morgan fingerprint density at radius 2 is 2.37 bits per heavy atom. The molecule has 1 aliphatic heterocycles. The van der Waals surface area contributed by atoms with Crippen molar-refractivity contribution >= 4 is 11.7 Å². The van der Waals surface area contributed by atoms with Crippen molar-refractivity contribution in [2.24, 2.45) is 5.92 Å². The summed E-state index contributed by atoms with van der Waals surface area (Å²) in [4.78, 5) is 20.2. The normalized spacial score (nSPS) is 23.2. The summed E-state index contributed by atoms with van der Waals surface area (Å²) in [5.74, 6) is -0.575. The van der Waals surface area contributed by atoms with Crippen LogP contribution in [0.5, 0.6) is 0 Å². The molecule has 2 heterocycles. The summed E-state index contributed by atoms with van der Waals surface area (Å²) in [6, 6.07) is 3.32. The molecule has 0 bridgehead atoms. The van der Waals surface area contributed by atoms with Gasteiger partial charge < -0.3 is 9.64 Å². The molecule has 0 saturated carbocycles. The van der Waals surface area contributed by atoms with E-state index in [1.165, 1.54) is 12.3 Å². The molecule has 0 N–H and O–H groups in total. The maximum atomic E-state index is 11.9. The highest BCUT2D eigenvalue weighted by Gasteiger charge is 2.26. The first-order valence-corrected chi connectivity index (χ1v) is 6.22. The van der Waals surface area contributed by atoms with Crippen LogP contribution in [0.25, 0.3) is 0 Å². The number of rotatable bonds is 3. The molecule has 1 saturated heterocycles. The topological polar surface area (TPSA) is 51.7 Å². The molecule has 0 aromatic carbocycles. The zero-order chi connectivity index (χ0) is 13.8. The SMILES string of the molecule is CO[C@H]1CN(c2ccnc(C(=O)OF)c2)CC[C@H]1C. The Morgan fingerprint density at radius 3 is 3.05 bits per heavy atom. The van der Waals surface area contributed by atoms with E-state index in [1.807, 2.05) is 0 Å². The highest BCUT2D eigenvalue weighted by Crippen LogP contribution is 2.25. The Bertz CT molecular complexity index is 455. The zero-order valence-electron chi connectivity index (χ0n) is 11.0. The number of aromatic nitrogens is 1. The van der Waals surface area contributed by atoms with E-state index in [-0.39, 0.29) is 11.8 Å². The van der Waals surface area contributed by atoms with Gasteiger partial charge in [0.2, 0.25) is 0 Å². The average Bonchev–Trinajstić information content (AvgIpc) is 2.47. The third kappa shape index (κ3) is 3.01. The van der Waals surface area contributed by atoms with Gasteiger partial charge in [-0.2, -0.15) is 0 Å². The number of carbonyl (C=O) groups is 1. The van der Waals surface area contributed by atoms with Crippen LogP contribution in [0.3, 0.4) is 0 Å². The second kappa shape index (κ2) is 5.97. The zero-order valence-corrected chi connectivity index (χ0v) is 11.0. The molecule has 2 atom stereocenters. The summed E-state index contributed by atoms with van der Waals surface area (Å²) in [5, 5.41) is 0. The number of hydrogen-bond donors (Lipinski definition) is 0. The van der Waals surface area contributed by atoms with Crippen LogP contribution in [-0.2, 0) is 9.68 Å². The summed E-state index contributed by atoms with van der Waals surface area (Å²) in [6.45, 7) is 3.77. The fourth-order valence-corrected chi connectivity index (χ4v) is 2.34. The lowest BCUT2D eigenvalue weighted by molar-refractivity contribution is -0.0793. The van der Waals surface area contributed by atoms with Gasteiger partial charge in [-0.3, -0.25) is 0 Å². The fourth-order valence-electron chi connectivity index (χ4n) is 2.34. The first-order valence-electron chi connectivity index (χ1n) is 6.22. The molecule has 0 amide bonds. The van der Waals surface area contributed by atoms with E-state index < -0.39 is 5.97 Å². The smallest absolute Gasteiger partial charge is 0.379 e. The second-order valence-electron chi connectivity index (χ2n) is 4.75. The highest BCUT2D eigenvalue weighted by molar-refractivity contribution is 5.87. The fraction of sp³-hybridized carbons (Fsp3) is 0.538. The lowest BCUT2D eigenvalue weighted by atomic mass is 9.95. The standard InChI is InChI=1S/C13H17FN2O3/c1-9-4-6-16(8-12(9)18-2)10-3-5-15-11(7-10)13(17)19-14/h3,5,7,9,12H,4,6,8H2,1-2H3/t9-,12+/m1/s1. The Balaban J connectivity index is 2.15. The molecule has 1 aromatic rings. The molecule has 6 heteroatoms. The van der Waals surface area contributed by atoms with E-state index in [9.17, 15) is 9.32 Å². The van der Waals surface area contributed by atoms with Gasteiger partial charge in [0.1, 0.15) is 0 Å². The molecule has 0 aliphatic carbocycles. The van der Waals surface area contributed by atoms with Crippen LogP contribution in [0.4, 0.5) is 10.2 Å². The Kier molecular flexibility index (Phi) is 4.31. The summed E-state index contributed by atoms with van der Waals surface area (Å²) in [6.07, 6.45) is 2.63. The summed E-state index contributed by atoms with van der Waals surface area (Å²) < 4.78 is 17.3. The number of carbonyl (C=O) groups excluding carboxylic acids is 1. The number of hydrogen-bond acceptors (Lipinski definition) is 5. The van der Waals surface area contributed by atoms with Crippen molar-refractivity contribution in [3.63, 3.8) is 0 Å². The lowest BCUT2D eigenvalue weighted by Gasteiger charge is -2.37. The van der Waals surface area contributed by atoms with Crippen molar-refractivity contribution in [2.75, 3.05) is 25.1 Å². The maximum Gasteiger partial charge on any atom is 0.397 e. The molecule has 0 spiro atoms. The number of methoxy groups -OCH3 is 1. The van der Waals surface area contributed by atoms with Gasteiger partial charge in [-0.1, -0.05) is 6.92 Å². The van der Waals surface area contributed by atoms with Crippen molar-refractivity contribution in [3.8, 4) is 0 Å². The van der Waals surface area contributed by atoms with E-state index in [2.05, 4.69) is 21.7 Å². The third-order valence-corrected chi connectivity index (χ3v) is 3.58. The number of ether oxygens (including phenoxy) is 1. The van der Waals surface area contributed by atoms with Gasteiger partial charge in [0, 0.05) is 36.6 Å². The summed E-state index contributed by atoms with van der Waals surface area (Å²) in [5.41, 5.74) is 0.789. The lowest BCUT2D eigenvalue weighted by Crippen LogP contribution is -2.44. The van der Waals surface area contributed by atoms with Crippen molar-refractivity contribution in [1.82, 2.24) is 4.98 Å². The molecule has 5 nitrogen and oxygen atoms in total. The summed E-state index contributed by atoms with van der Waals surface area (Å²) >= 11 is 0. The Morgan fingerprint density at radius 1 is 1.58 bits per heavy atom. The molecular formula is C13H17FN2O3. The highest BCUT2D eigenvalue weighted by atomic mass is 19.3. The van der Waals surface area contributed by atoms with E-state index in [0.717, 1.165) is 25.2 Å². The molecule has 1 aliphatic rings. The largest absolute Gasteiger partial charge is 0.397 e. The average molecular weight is 268 g/mol. The Labute approximate surface area is 111 Å². The molecular weight excluding hydrogens is 251 g/mol. The van der Waals surface area contributed by atoms with Crippen LogP contribution in [0.15, 0.2) is 18.3 Å². The second-order valence-corrected chi connectivity index (χ2v) is 4.75. The van der Waals surface area contributed by atoms with Crippen LogP contribution in [-0.4, -0.2) is 37.3 Å². The minimum Gasteiger partial charge on any atom is -0.379 e. The van der Waals surface area contributed by atoms with Crippen LogP contribution < -0.4 is 4.90 Å². The van der Waals surface area contributed by atoms with Crippen LogP contribution in [0, 0.1) is 5.92 Å². The maximum absolute atomic E-state index is 11.9. The van der Waals surface area contributed by atoms with Gasteiger partial charge in [0.25, 0.3) is 0 Å². The van der Waals surface area contributed by atoms with Gasteiger partial charge in [0.05, 0.1) is 6.10 Å². The van der Waals surface area contributed by atoms with Crippen molar-refractivity contribution in [1.29, 1.82) is 0 Å². The van der Waals surface area contributed by atoms with E-state index >= 15 is 0 Å². The first-order chi connectivity index (χ1) is 9.15. The minimum absolute atomic E-state index is 0.0346. The monoisotopic (exact) mass is 268 g/mol. The number of pyridine rings is 1. The molecule has 1 fully saturated rings. The molecule has 104 valence electrons. The van der Waals surface area contributed by atoms with E-state index in [4.69, 9.17) is 4.74 Å². The predicted molar refractivity (Wildman–Crippen MR) is 67.6 cm³/mol. The molecule has 2 rings (SSSR count). The van der Waals surface area contributed by atoms with Gasteiger partial charge >= 0.3 is 5.97 Å². The third-order valence-electron chi connectivity index (χ3n) is 3.58. The first kappa shape index (κ1) is 13.7. The van der Waals surface area contributed by atoms with Crippen LogP contribution in [0.1, 0.15) is 23.8 Å². The number of halogens is 1. The van der Waals surface area contributed by atoms with Crippen molar-refractivity contribution < 1.29 is 19.0 Å². The van der Waals surface area contributed by atoms with Crippen molar-refractivity contribution in [2.45, 2.75) is 19.4 Å². The number of anilines is 1. The van der Waals surface area contributed by atoms with Gasteiger partial charge in [-0.05, 0) is 24.5 Å². The summed E-state index contributed by atoms with van der Waals surface area (Å²) in [7, 11) is 1.70. The molecule has 0 unspecified atom stereocenters. The number of piperidine rings is 1. The molecule has 1 aromatic heterocycles. The van der Waals surface area contributed by atoms with Crippen LogP contribution in [0.2, 0.25) is 0 Å². The molecule has 19 heavy (non-hydrogen) atoms. The number of nitrogens with zero attached hydrogens (tertiary/aromatic N) is 2. The quantitative estimate of drug-likeness (QED) is 0.839. The predicted octanol–water partition coefficient (Wildman–Crippen LogP) is 1.98.